The summed E-state index contributed by atoms with van der Waals surface area (Å²) in [5.41, 5.74) is 6.48. The van der Waals surface area contributed by atoms with Crippen LogP contribution in [0.1, 0.15) is 24.9 Å². The standard InChI is InChI=1S/C10H17N3O2/c1-3-4-15-7-9(14)10(11)8-5-12-13(2)6-8/h5-6,10H,3-4,7,11H2,1-2H3. The van der Waals surface area contributed by atoms with Gasteiger partial charge in [0.1, 0.15) is 6.61 Å². The van der Waals surface area contributed by atoms with Gasteiger partial charge >= 0.3 is 0 Å². The Morgan fingerprint density at radius 3 is 3.00 bits per heavy atom. The molecule has 1 heterocycles. The fourth-order valence-corrected chi connectivity index (χ4v) is 1.19. The number of aromatic nitrogens is 2. The Morgan fingerprint density at radius 1 is 1.73 bits per heavy atom. The maximum Gasteiger partial charge on any atom is 0.179 e. The number of carbonyl (C=O) groups is 1. The van der Waals surface area contributed by atoms with Gasteiger partial charge in [0.2, 0.25) is 0 Å². The molecule has 0 saturated heterocycles. The van der Waals surface area contributed by atoms with Crippen molar-refractivity contribution in [2.24, 2.45) is 12.8 Å². The van der Waals surface area contributed by atoms with Gasteiger partial charge in [0.15, 0.2) is 5.78 Å². The van der Waals surface area contributed by atoms with Crippen molar-refractivity contribution >= 4 is 5.78 Å². The highest BCUT2D eigenvalue weighted by Gasteiger charge is 2.16. The van der Waals surface area contributed by atoms with Gasteiger partial charge in [-0.2, -0.15) is 5.10 Å². The minimum Gasteiger partial charge on any atom is -0.374 e. The molecule has 5 nitrogen and oxygen atoms in total. The van der Waals surface area contributed by atoms with Crippen molar-refractivity contribution in [3.63, 3.8) is 0 Å². The second kappa shape index (κ2) is 5.63. The maximum absolute atomic E-state index is 11.5. The highest BCUT2D eigenvalue weighted by Crippen LogP contribution is 2.09. The Labute approximate surface area is 89.2 Å². The molecule has 0 spiro atoms. The number of ketones is 1. The third-order valence-electron chi connectivity index (χ3n) is 2.02. The van der Waals surface area contributed by atoms with Crippen LogP contribution in [0.3, 0.4) is 0 Å². The monoisotopic (exact) mass is 211 g/mol. The normalized spacial score (nSPS) is 12.7. The van der Waals surface area contributed by atoms with E-state index < -0.39 is 6.04 Å². The third kappa shape index (κ3) is 3.45. The summed E-state index contributed by atoms with van der Waals surface area (Å²) >= 11 is 0. The first-order chi connectivity index (χ1) is 7.15. The Bertz CT molecular complexity index is 322. The fraction of sp³-hybridized carbons (Fsp3) is 0.600. The SMILES string of the molecule is CCCOCC(=O)C(N)c1cnn(C)c1. The van der Waals surface area contributed by atoms with Crippen LogP contribution >= 0.6 is 0 Å². The van der Waals surface area contributed by atoms with E-state index in [4.69, 9.17) is 10.5 Å². The van der Waals surface area contributed by atoms with Gasteiger partial charge in [0.05, 0.1) is 12.2 Å². The van der Waals surface area contributed by atoms with Crippen LogP contribution in [-0.4, -0.2) is 28.8 Å². The molecule has 15 heavy (non-hydrogen) atoms. The van der Waals surface area contributed by atoms with Crippen molar-refractivity contribution < 1.29 is 9.53 Å². The molecule has 0 saturated carbocycles. The van der Waals surface area contributed by atoms with Crippen LogP contribution in [0.25, 0.3) is 0 Å². The number of hydrogen-bond acceptors (Lipinski definition) is 4. The second-order valence-corrected chi connectivity index (χ2v) is 3.44. The quantitative estimate of drug-likeness (QED) is 0.692. The van der Waals surface area contributed by atoms with Crippen molar-refractivity contribution in [2.45, 2.75) is 19.4 Å². The largest absolute Gasteiger partial charge is 0.374 e. The number of rotatable bonds is 6. The lowest BCUT2D eigenvalue weighted by Crippen LogP contribution is -2.25. The molecule has 0 aromatic carbocycles. The van der Waals surface area contributed by atoms with Crippen LogP contribution in [0.5, 0.6) is 0 Å². The molecule has 0 bridgehead atoms. The van der Waals surface area contributed by atoms with E-state index >= 15 is 0 Å². The number of ether oxygens (including phenoxy) is 1. The minimum atomic E-state index is -0.629. The number of carbonyl (C=O) groups excluding carboxylic acids is 1. The molecule has 0 amide bonds. The minimum absolute atomic E-state index is 0.0733. The molecule has 1 rings (SSSR count). The summed E-state index contributed by atoms with van der Waals surface area (Å²) < 4.78 is 6.76. The van der Waals surface area contributed by atoms with Gasteiger partial charge in [-0.25, -0.2) is 0 Å². The van der Waals surface area contributed by atoms with Crippen LogP contribution in [0.4, 0.5) is 0 Å². The molecule has 1 aromatic heterocycles. The van der Waals surface area contributed by atoms with Crippen LogP contribution < -0.4 is 5.73 Å². The molecule has 84 valence electrons. The number of aryl methyl sites for hydroxylation is 1. The molecule has 0 fully saturated rings. The van der Waals surface area contributed by atoms with Gasteiger partial charge < -0.3 is 10.5 Å². The molecular weight excluding hydrogens is 194 g/mol. The smallest absolute Gasteiger partial charge is 0.179 e. The van der Waals surface area contributed by atoms with E-state index in [-0.39, 0.29) is 12.4 Å². The average Bonchev–Trinajstić information content (AvgIpc) is 2.64. The lowest BCUT2D eigenvalue weighted by atomic mass is 10.1. The molecule has 0 aliphatic heterocycles. The summed E-state index contributed by atoms with van der Waals surface area (Å²) in [5, 5.41) is 3.96. The van der Waals surface area contributed by atoms with Crippen molar-refractivity contribution in [2.75, 3.05) is 13.2 Å². The van der Waals surface area contributed by atoms with E-state index in [2.05, 4.69) is 5.10 Å². The zero-order valence-electron chi connectivity index (χ0n) is 9.14. The summed E-state index contributed by atoms with van der Waals surface area (Å²) in [6, 6.07) is -0.629. The topological polar surface area (TPSA) is 70.1 Å². The Hall–Kier alpha value is -1.20. The number of nitrogens with zero attached hydrogens (tertiary/aromatic N) is 2. The van der Waals surface area contributed by atoms with E-state index in [9.17, 15) is 4.79 Å². The van der Waals surface area contributed by atoms with Gasteiger partial charge in [0.25, 0.3) is 0 Å². The van der Waals surface area contributed by atoms with Gasteiger partial charge in [-0.3, -0.25) is 9.48 Å². The first kappa shape index (κ1) is 11.9. The van der Waals surface area contributed by atoms with Crippen LogP contribution in [0.2, 0.25) is 0 Å². The molecule has 0 aliphatic carbocycles. The first-order valence-corrected chi connectivity index (χ1v) is 4.99. The Balaban J connectivity index is 2.46. The summed E-state index contributed by atoms with van der Waals surface area (Å²) in [7, 11) is 1.79. The molecule has 0 radical (unpaired) electrons. The van der Waals surface area contributed by atoms with Crippen LogP contribution in [-0.2, 0) is 16.6 Å². The Morgan fingerprint density at radius 2 is 2.47 bits per heavy atom. The third-order valence-corrected chi connectivity index (χ3v) is 2.02. The molecule has 1 unspecified atom stereocenters. The zero-order chi connectivity index (χ0) is 11.3. The highest BCUT2D eigenvalue weighted by atomic mass is 16.5. The number of Topliss-reactive ketones (excluding diaryl/α,β-unsaturated/α-hetero) is 1. The van der Waals surface area contributed by atoms with Crippen molar-refractivity contribution in [3.05, 3.63) is 18.0 Å². The second-order valence-electron chi connectivity index (χ2n) is 3.44. The predicted octanol–water partition coefficient (Wildman–Crippen LogP) is 0.416. The molecular formula is C10H17N3O2. The lowest BCUT2D eigenvalue weighted by Gasteiger charge is -2.08. The molecule has 5 heteroatoms. The molecule has 1 aromatic rings. The van der Waals surface area contributed by atoms with Crippen LogP contribution in [0.15, 0.2) is 12.4 Å². The Kier molecular flexibility index (Phi) is 4.45. The maximum atomic E-state index is 11.5. The summed E-state index contributed by atoms with van der Waals surface area (Å²) in [6.45, 7) is 2.65. The molecule has 0 aliphatic rings. The summed E-state index contributed by atoms with van der Waals surface area (Å²) in [5.74, 6) is -0.114. The van der Waals surface area contributed by atoms with Crippen molar-refractivity contribution in [1.82, 2.24) is 9.78 Å². The average molecular weight is 211 g/mol. The van der Waals surface area contributed by atoms with Gasteiger partial charge in [0, 0.05) is 25.4 Å². The summed E-state index contributed by atoms with van der Waals surface area (Å²) in [6.07, 6.45) is 4.24. The van der Waals surface area contributed by atoms with E-state index in [0.29, 0.717) is 6.61 Å². The van der Waals surface area contributed by atoms with E-state index in [1.165, 1.54) is 0 Å². The fourth-order valence-electron chi connectivity index (χ4n) is 1.19. The van der Waals surface area contributed by atoms with E-state index in [1.54, 1.807) is 24.1 Å². The van der Waals surface area contributed by atoms with E-state index in [1.807, 2.05) is 6.92 Å². The molecule has 1 atom stereocenters. The number of nitrogens with two attached hydrogens (primary N) is 1. The first-order valence-electron chi connectivity index (χ1n) is 4.99. The van der Waals surface area contributed by atoms with Gasteiger partial charge in [-0.15, -0.1) is 0 Å². The van der Waals surface area contributed by atoms with Crippen molar-refractivity contribution in [3.8, 4) is 0 Å². The van der Waals surface area contributed by atoms with Crippen LogP contribution in [0, 0.1) is 0 Å². The van der Waals surface area contributed by atoms with Gasteiger partial charge in [-0.1, -0.05) is 6.92 Å². The zero-order valence-corrected chi connectivity index (χ0v) is 9.14. The molecule has 2 N–H and O–H groups in total. The predicted molar refractivity (Wildman–Crippen MR) is 56.3 cm³/mol. The summed E-state index contributed by atoms with van der Waals surface area (Å²) in [4.78, 5) is 11.5. The lowest BCUT2D eigenvalue weighted by molar-refractivity contribution is -0.125. The number of hydrogen-bond donors (Lipinski definition) is 1. The van der Waals surface area contributed by atoms with Crippen molar-refractivity contribution in [1.29, 1.82) is 0 Å². The van der Waals surface area contributed by atoms with Gasteiger partial charge in [-0.05, 0) is 6.42 Å². The van der Waals surface area contributed by atoms with E-state index in [0.717, 1.165) is 12.0 Å². The highest BCUT2D eigenvalue weighted by molar-refractivity contribution is 5.86.